The number of benzene rings is 1. The fourth-order valence-corrected chi connectivity index (χ4v) is 2.95. The second kappa shape index (κ2) is 5.91. The minimum Gasteiger partial charge on any atom is -0.493 e. The number of hydrogen-bond acceptors (Lipinski definition) is 3. The molecule has 0 aliphatic carbocycles. The number of amides is 1. The number of halogens is 2. The summed E-state index contributed by atoms with van der Waals surface area (Å²) in [4.78, 5) is 12.0. The van der Waals surface area contributed by atoms with Crippen LogP contribution in [0, 0.1) is 5.92 Å². The van der Waals surface area contributed by atoms with Crippen LogP contribution in [0.2, 0.25) is 5.02 Å². The van der Waals surface area contributed by atoms with Gasteiger partial charge in [0.25, 0.3) is 0 Å². The molecule has 0 aromatic heterocycles. The molecule has 1 atom stereocenters. The molecule has 1 unspecified atom stereocenters. The van der Waals surface area contributed by atoms with Gasteiger partial charge in [-0.3, -0.25) is 4.79 Å². The minimum absolute atomic E-state index is 0.00691. The van der Waals surface area contributed by atoms with E-state index >= 15 is 0 Å². The second-order valence-electron chi connectivity index (χ2n) is 4.15. The molecule has 0 saturated carbocycles. The van der Waals surface area contributed by atoms with Crippen LogP contribution in [-0.4, -0.2) is 26.1 Å². The molecule has 1 aliphatic rings. The number of rotatable bonds is 3. The maximum atomic E-state index is 12.0. The zero-order chi connectivity index (χ0) is 13.1. The largest absolute Gasteiger partial charge is 0.493 e. The zero-order valence-corrected chi connectivity index (χ0v) is 12.3. The van der Waals surface area contributed by atoms with Crippen LogP contribution in [0.4, 0.5) is 5.69 Å². The Balaban J connectivity index is 2.19. The maximum absolute atomic E-state index is 12.0. The average Bonchev–Trinajstić information content (AvgIpc) is 2.81. The minimum atomic E-state index is -0.00698. The highest BCUT2D eigenvalue weighted by molar-refractivity contribution is 9.10. The molecule has 2 N–H and O–H groups in total. The van der Waals surface area contributed by atoms with Gasteiger partial charge in [-0.1, -0.05) is 11.6 Å². The van der Waals surface area contributed by atoms with Crippen molar-refractivity contribution in [3.8, 4) is 5.75 Å². The summed E-state index contributed by atoms with van der Waals surface area (Å²) >= 11 is 9.33. The van der Waals surface area contributed by atoms with E-state index in [9.17, 15) is 4.79 Å². The van der Waals surface area contributed by atoms with Gasteiger partial charge in [0.15, 0.2) is 5.75 Å². The molecular formula is C12H14BrClN2O2. The summed E-state index contributed by atoms with van der Waals surface area (Å²) in [6, 6.07) is 3.42. The molecule has 1 heterocycles. The van der Waals surface area contributed by atoms with Crippen molar-refractivity contribution in [2.45, 2.75) is 6.42 Å². The van der Waals surface area contributed by atoms with E-state index in [0.29, 0.717) is 16.5 Å². The van der Waals surface area contributed by atoms with Crippen LogP contribution in [0.15, 0.2) is 16.6 Å². The van der Waals surface area contributed by atoms with Crippen LogP contribution in [0.3, 0.4) is 0 Å². The van der Waals surface area contributed by atoms with Crippen molar-refractivity contribution in [3.05, 3.63) is 21.6 Å². The molecule has 4 nitrogen and oxygen atoms in total. The SMILES string of the molecule is COc1c(Br)cc(Cl)cc1NC(=O)C1CCNC1. The molecule has 1 aromatic carbocycles. The normalized spacial score (nSPS) is 18.7. The Morgan fingerprint density at radius 2 is 2.39 bits per heavy atom. The number of methoxy groups -OCH3 is 1. The fourth-order valence-electron chi connectivity index (χ4n) is 1.97. The third-order valence-electron chi connectivity index (χ3n) is 2.90. The van der Waals surface area contributed by atoms with E-state index in [1.165, 1.54) is 0 Å². The fraction of sp³-hybridized carbons (Fsp3) is 0.417. The zero-order valence-electron chi connectivity index (χ0n) is 9.93. The van der Waals surface area contributed by atoms with Gasteiger partial charge in [0, 0.05) is 11.6 Å². The van der Waals surface area contributed by atoms with Gasteiger partial charge in [0.2, 0.25) is 5.91 Å². The molecule has 6 heteroatoms. The summed E-state index contributed by atoms with van der Waals surface area (Å²) in [5.41, 5.74) is 0.591. The summed E-state index contributed by atoms with van der Waals surface area (Å²) in [6.07, 6.45) is 0.857. The van der Waals surface area contributed by atoms with Crippen molar-refractivity contribution in [1.82, 2.24) is 5.32 Å². The van der Waals surface area contributed by atoms with E-state index in [0.717, 1.165) is 24.0 Å². The van der Waals surface area contributed by atoms with Crippen molar-refractivity contribution >= 4 is 39.1 Å². The third-order valence-corrected chi connectivity index (χ3v) is 3.71. The van der Waals surface area contributed by atoms with E-state index in [2.05, 4.69) is 26.6 Å². The Kier molecular flexibility index (Phi) is 4.48. The van der Waals surface area contributed by atoms with Gasteiger partial charge in [0.1, 0.15) is 0 Å². The van der Waals surface area contributed by atoms with Gasteiger partial charge < -0.3 is 15.4 Å². The summed E-state index contributed by atoms with van der Waals surface area (Å²) in [6.45, 7) is 1.60. The van der Waals surface area contributed by atoms with Crippen LogP contribution in [0.5, 0.6) is 5.75 Å². The first kappa shape index (κ1) is 13.6. The highest BCUT2D eigenvalue weighted by Gasteiger charge is 2.23. The highest BCUT2D eigenvalue weighted by Crippen LogP contribution is 2.36. The topological polar surface area (TPSA) is 50.4 Å². The molecule has 0 radical (unpaired) electrons. The first-order chi connectivity index (χ1) is 8.61. The first-order valence-corrected chi connectivity index (χ1v) is 6.83. The van der Waals surface area contributed by atoms with Crippen LogP contribution in [0.1, 0.15) is 6.42 Å². The summed E-state index contributed by atoms with van der Waals surface area (Å²) < 4.78 is 5.98. The van der Waals surface area contributed by atoms with Crippen LogP contribution >= 0.6 is 27.5 Å². The van der Waals surface area contributed by atoms with Crippen molar-refractivity contribution in [2.24, 2.45) is 5.92 Å². The molecule has 1 fully saturated rings. The molecule has 0 spiro atoms. The maximum Gasteiger partial charge on any atom is 0.228 e. The second-order valence-corrected chi connectivity index (χ2v) is 5.44. The molecule has 1 saturated heterocycles. The van der Waals surface area contributed by atoms with Crippen LogP contribution in [0.25, 0.3) is 0 Å². The third kappa shape index (κ3) is 2.96. The summed E-state index contributed by atoms with van der Waals surface area (Å²) in [5, 5.41) is 6.57. The van der Waals surface area contributed by atoms with Gasteiger partial charge in [-0.05, 0) is 41.0 Å². The predicted molar refractivity (Wildman–Crippen MR) is 75.3 cm³/mol. The lowest BCUT2D eigenvalue weighted by Crippen LogP contribution is -2.24. The smallest absolute Gasteiger partial charge is 0.228 e. The average molecular weight is 334 g/mol. The number of nitrogens with one attached hydrogen (secondary N) is 2. The molecular weight excluding hydrogens is 320 g/mol. The van der Waals surface area contributed by atoms with E-state index in [1.54, 1.807) is 19.2 Å². The lowest BCUT2D eigenvalue weighted by Gasteiger charge is -2.14. The number of carbonyl (C=O) groups is 1. The molecule has 1 aliphatic heterocycles. The van der Waals surface area contributed by atoms with Crippen molar-refractivity contribution in [3.63, 3.8) is 0 Å². The highest BCUT2D eigenvalue weighted by atomic mass is 79.9. The van der Waals surface area contributed by atoms with Crippen LogP contribution in [-0.2, 0) is 4.79 Å². The first-order valence-electron chi connectivity index (χ1n) is 5.66. The standard InChI is InChI=1S/C12H14BrClN2O2/c1-18-11-9(13)4-8(14)5-10(11)16-12(17)7-2-3-15-6-7/h4-5,7,15H,2-3,6H2,1H3,(H,16,17). The van der Waals surface area contributed by atoms with Gasteiger partial charge >= 0.3 is 0 Å². The lowest BCUT2D eigenvalue weighted by atomic mass is 10.1. The summed E-state index contributed by atoms with van der Waals surface area (Å²) in [5.74, 6) is 0.582. The molecule has 0 bridgehead atoms. The monoisotopic (exact) mass is 332 g/mol. The number of hydrogen-bond donors (Lipinski definition) is 2. The van der Waals surface area contributed by atoms with E-state index in [-0.39, 0.29) is 11.8 Å². The van der Waals surface area contributed by atoms with E-state index < -0.39 is 0 Å². The van der Waals surface area contributed by atoms with Gasteiger partial charge in [-0.15, -0.1) is 0 Å². The lowest BCUT2D eigenvalue weighted by molar-refractivity contribution is -0.119. The molecule has 98 valence electrons. The van der Waals surface area contributed by atoms with E-state index in [1.807, 2.05) is 0 Å². The molecule has 1 amide bonds. The number of anilines is 1. The quantitative estimate of drug-likeness (QED) is 0.894. The van der Waals surface area contributed by atoms with Gasteiger partial charge in [-0.25, -0.2) is 0 Å². The number of ether oxygens (including phenoxy) is 1. The molecule has 2 rings (SSSR count). The van der Waals surface area contributed by atoms with E-state index in [4.69, 9.17) is 16.3 Å². The Morgan fingerprint density at radius 1 is 1.61 bits per heavy atom. The Morgan fingerprint density at radius 3 is 3.00 bits per heavy atom. The van der Waals surface area contributed by atoms with Crippen LogP contribution < -0.4 is 15.4 Å². The van der Waals surface area contributed by atoms with Gasteiger partial charge in [0.05, 0.1) is 23.2 Å². The van der Waals surface area contributed by atoms with Crippen molar-refractivity contribution in [2.75, 3.05) is 25.5 Å². The number of carbonyl (C=O) groups excluding carboxylic acids is 1. The van der Waals surface area contributed by atoms with Gasteiger partial charge in [-0.2, -0.15) is 0 Å². The summed E-state index contributed by atoms with van der Waals surface area (Å²) in [7, 11) is 1.56. The predicted octanol–water partition coefficient (Wildman–Crippen LogP) is 2.66. The molecule has 18 heavy (non-hydrogen) atoms. The van der Waals surface area contributed by atoms with Crippen molar-refractivity contribution in [1.29, 1.82) is 0 Å². The Hall–Kier alpha value is -0.780. The van der Waals surface area contributed by atoms with Crippen molar-refractivity contribution < 1.29 is 9.53 Å². The Bertz CT molecular complexity index is 462. The molecule has 1 aromatic rings. The Labute approximate surface area is 119 Å².